The molecule has 0 aliphatic carbocycles. The maximum atomic E-state index is 10.8. The molecule has 2 radical (unpaired) electrons. The first kappa shape index (κ1) is 21.4. The zero-order chi connectivity index (χ0) is 17.9. The average Bonchev–Trinajstić information content (AvgIpc) is 2.53. The van der Waals surface area contributed by atoms with Crippen LogP contribution in [0.3, 0.4) is 0 Å². The molecular formula is C18H27BO4. The Bertz CT molecular complexity index is 469. The van der Waals surface area contributed by atoms with E-state index in [4.69, 9.17) is 8.05 Å². The second-order valence-electron chi connectivity index (χ2n) is 6.64. The molecule has 0 unspecified atom stereocenters. The Kier molecular flexibility index (Phi) is 9.50. The molecule has 0 saturated heterocycles. The van der Waals surface area contributed by atoms with Gasteiger partial charge in [-0.1, -0.05) is 45.9 Å². The van der Waals surface area contributed by atoms with Gasteiger partial charge in [-0.2, -0.15) is 0 Å². The smallest absolute Gasteiger partial charge is 0.337 e. The summed E-state index contributed by atoms with van der Waals surface area (Å²) in [4.78, 5) is 21.1. The van der Waals surface area contributed by atoms with Gasteiger partial charge in [-0.05, 0) is 29.4 Å². The molecule has 0 N–H and O–H groups in total. The van der Waals surface area contributed by atoms with E-state index >= 15 is 0 Å². The molecule has 4 nitrogen and oxygen atoms in total. The molecular weight excluding hydrogens is 291 g/mol. The first-order chi connectivity index (χ1) is 10.7. The highest BCUT2D eigenvalue weighted by molar-refractivity contribution is 5.97. The molecule has 0 fully saturated rings. The maximum Gasteiger partial charge on any atom is 0.337 e. The number of hydrogen-bond acceptors (Lipinski definition) is 4. The van der Waals surface area contributed by atoms with Gasteiger partial charge in [-0.3, -0.25) is 0 Å². The van der Waals surface area contributed by atoms with Crippen LogP contribution in [0.4, 0.5) is 0 Å². The zero-order valence-corrected chi connectivity index (χ0v) is 14.8. The zero-order valence-electron chi connectivity index (χ0n) is 14.8. The first-order valence-electron chi connectivity index (χ1n) is 7.60. The van der Waals surface area contributed by atoms with Crippen molar-refractivity contribution in [3.63, 3.8) is 0 Å². The molecule has 0 aromatic heterocycles. The molecule has 23 heavy (non-hydrogen) atoms. The molecule has 0 bridgehead atoms. The van der Waals surface area contributed by atoms with Crippen LogP contribution in [0.2, 0.25) is 0 Å². The Morgan fingerprint density at radius 3 is 2.13 bits per heavy atom. The van der Waals surface area contributed by atoms with Crippen LogP contribution in [0.15, 0.2) is 30.3 Å². The van der Waals surface area contributed by atoms with E-state index in [9.17, 15) is 9.59 Å². The van der Waals surface area contributed by atoms with Crippen LogP contribution in [-0.4, -0.2) is 34.0 Å². The quantitative estimate of drug-likeness (QED) is 0.438. The molecule has 1 aromatic carbocycles. The lowest BCUT2D eigenvalue weighted by Gasteiger charge is -2.41. The number of carbonyl (C=O) groups excluding carboxylic acids is 2. The summed E-state index contributed by atoms with van der Waals surface area (Å²) < 4.78 is 9.18. The van der Waals surface area contributed by atoms with Gasteiger partial charge in [0.05, 0.1) is 12.7 Å². The lowest BCUT2D eigenvalue weighted by Crippen LogP contribution is -2.36. The average molecular weight is 318 g/mol. The molecule has 0 spiro atoms. The number of benzene rings is 1. The summed E-state index contributed by atoms with van der Waals surface area (Å²) in [6.07, 6.45) is 2.43. The van der Waals surface area contributed by atoms with E-state index in [2.05, 4.69) is 37.1 Å². The van der Waals surface area contributed by atoms with Crippen LogP contribution < -0.4 is 0 Å². The van der Waals surface area contributed by atoms with E-state index in [1.54, 1.807) is 24.3 Å². The van der Waals surface area contributed by atoms with Crippen molar-refractivity contribution in [2.45, 2.75) is 40.5 Å². The number of esters is 1. The predicted octanol–water partition coefficient (Wildman–Crippen LogP) is 3.59. The summed E-state index contributed by atoms with van der Waals surface area (Å²) in [6.45, 7) is 8.99. The highest BCUT2D eigenvalue weighted by Crippen LogP contribution is 2.41. The molecule has 1 rings (SSSR count). The van der Waals surface area contributed by atoms with Gasteiger partial charge in [0, 0.05) is 13.0 Å². The Morgan fingerprint density at radius 2 is 1.70 bits per heavy atom. The summed E-state index contributed by atoms with van der Waals surface area (Å²) >= 11 is 0. The summed E-state index contributed by atoms with van der Waals surface area (Å²) in [7, 11) is 6.44. The highest BCUT2D eigenvalue weighted by atomic mass is 16.5. The third kappa shape index (κ3) is 7.46. The van der Waals surface area contributed by atoms with E-state index in [1.165, 1.54) is 7.11 Å². The molecule has 0 amide bonds. The van der Waals surface area contributed by atoms with Crippen LogP contribution in [0.5, 0.6) is 0 Å². The fourth-order valence-electron chi connectivity index (χ4n) is 1.85. The minimum Gasteiger partial charge on any atom is -0.465 e. The minimum absolute atomic E-state index is 0.00917. The van der Waals surface area contributed by atoms with Crippen molar-refractivity contribution in [3.05, 3.63) is 35.9 Å². The summed E-state index contributed by atoms with van der Waals surface area (Å²) in [5, 5.41) is 0. The Morgan fingerprint density at radius 1 is 1.13 bits per heavy atom. The monoisotopic (exact) mass is 318 g/mol. The number of ether oxygens (including phenoxy) is 1. The largest absolute Gasteiger partial charge is 0.465 e. The van der Waals surface area contributed by atoms with Crippen molar-refractivity contribution in [2.24, 2.45) is 10.8 Å². The van der Waals surface area contributed by atoms with Crippen LogP contribution in [0.1, 0.15) is 50.9 Å². The van der Waals surface area contributed by atoms with Crippen molar-refractivity contribution < 1.29 is 19.0 Å². The Labute approximate surface area is 141 Å². The summed E-state index contributed by atoms with van der Waals surface area (Å²) in [5.41, 5.74) is 0.642. The SMILES string of the molecule is COC(=O)c1ccccc1.[B]OCC(C)(C)C(C)(C)CCC=O. The maximum absolute atomic E-state index is 10.8. The fourth-order valence-corrected chi connectivity index (χ4v) is 1.85. The van der Waals surface area contributed by atoms with E-state index in [-0.39, 0.29) is 16.8 Å². The van der Waals surface area contributed by atoms with E-state index in [1.807, 2.05) is 6.07 Å². The topological polar surface area (TPSA) is 52.6 Å². The van der Waals surface area contributed by atoms with Crippen molar-refractivity contribution in [1.29, 1.82) is 0 Å². The van der Waals surface area contributed by atoms with Crippen LogP contribution in [-0.2, 0) is 14.2 Å². The van der Waals surface area contributed by atoms with Crippen molar-refractivity contribution >= 4 is 20.3 Å². The van der Waals surface area contributed by atoms with Crippen LogP contribution in [0, 0.1) is 10.8 Å². The molecule has 1 aromatic rings. The third-order valence-electron chi connectivity index (χ3n) is 4.36. The van der Waals surface area contributed by atoms with Gasteiger partial charge in [0.1, 0.15) is 6.29 Å². The minimum atomic E-state index is -0.291. The number of hydrogen-bond donors (Lipinski definition) is 0. The number of rotatable bonds is 7. The van der Waals surface area contributed by atoms with Gasteiger partial charge in [-0.15, -0.1) is 0 Å². The van der Waals surface area contributed by atoms with E-state index in [0.717, 1.165) is 12.7 Å². The molecule has 0 aliphatic rings. The van der Waals surface area contributed by atoms with Gasteiger partial charge < -0.3 is 14.2 Å². The van der Waals surface area contributed by atoms with Crippen LogP contribution in [0.25, 0.3) is 0 Å². The molecule has 126 valence electrons. The number of aldehydes is 1. The third-order valence-corrected chi connectivity index (χ3v) is 4.36. The predicted molar refractivity (Wildman–Crippen MR) is 92.3 cm³/mol. The van der Waals surface area contributed by atoms with Gasteiger partial charge in [-0.25, -0.2) is 4.79 Å². The molecule has 0 saturated carbocycles. The summed E-state index contributed by atoms with van der Waals surface area (Å²) in [6, 6.07) is 8.88. The number of methoxy groups -OCH3 is 1. The standard InChI is InChI=1S/C10H19BO2.C8H8O2/c1-9(2,6-5-7-12)10(3,4)8-13-11;1-10-8(9)7-5-3-2-4-6-7/h7H,5-6,8H2,1-4H3;2-6H,1H3. The second kappa shape index (κ2) is 10.2. The molecule has 0 heterocycles. The molecule has 0 atom stereocenters. The Balaban J connectivity index is 0.000000433. The van der Waals surface area contributed by atoms with Crippen LogP contribution >= 0.6 is 0 Å². The van der Waals surface area contributed by atoms with Gasteiger partial charge in [0.25, 0.3) is 8.05 Å². The van der Waals surface area contributed by atoms with Gasteiger partial charge in [0.15, 0.2) is 0 Å². The molecule has 5 heteroatoms. The molecule has 0 aliphatic heterocycles. The fraction of sp³-hybridized carbons (Fsp3) is 0.556. The highest BCUT2D eigenvalue weighted by Gasteiger charge is 2.35. The Hall–Kier alpha value is -1.62. The first-order valence-corrected chi connectivity index (χ1v) is 7.60. The second-order valence-corrected chi connectivity index (χ2v) is 6.64. The van der Waals surface area contributed by atoms with Crippen molar-refractivity contribution in [2.75, 3.05) is 13.7 Å². The van der Waals surface area contributed by atoms with Crippen molar-refractivity contribution in [3.8, 4) is 0 Å². The van der Waals surface area contributed by atoms with E-state index in [0.29, 0.717) is 18.6 Å². The van der Waals surface area contributed by atoms with Gasteiger partial charge in [0.2, 0.25) is 0 Å². The lowest BCUT2D eigenvalue weighted by molar-refractivity contribution is -0.108. The lowest BCUT2D eigenvalue weighted by atomic mass is 9.66. The van der Waals surface area contributed by atoms with Gasteiger partial charge >= 0.3 is 5.97 Å². The number of carbonyl (C=O) groups is 2. The van der Waals surface area contributed by atoms with E-state index < -0.39 is 0 Å². The summed E-state index contributed by atoms with van der Waals surface area (Å²) in [5.74, 6) is -0.291. The normalized spacial score (nSPS) is 11.2. The van der Waals surface area contributed by atoms with Crippen molar-refractivity contribution in [1.82, 2.24) is 0 Å².